The SMILES string of the molecule is O=C1C(C2CCCN2)CCN1Cc1ccccc1. The molecule has 2 aliphatic heterocycles. The van der Waals surface area contributed by atoms with Gasteiger partial charge in [-0.1, -0.05) is 30.3 Å². The molecule has 1 amide bonds. The highest BCUT2D eigenvalue weighted by atomic mass is 16.2. The summed E-state index contributed by atoms with van der Waals surface area (Å²) in [5, 5.41) is 3.47. The zero-order chi connectivity index (χ0) is 12.4. The molecule has 2 atom stereocenters. The van der Waals surface area contributed by atoms with Crippen LogP contribution in [0, 0.1) is 5.92 Å². The molecule has 0 aromatic heterocycles. The Morgan fingerprint density at radius 1 is 1.22 bits per heavy atom. The molecule has 0 aliphatic carbocycles. The van der Waals surface area contributed by atoms with Gasteiger partial charge in [-0.3, -0.25) is 4.79 Å². The van der Waals surface area contributed by atoms with Gasteiger partial charge in [0, 0.05) is 19.1 Å². The fraction of sp³-hybridized carbons (Fsp3) is 0.533. The molecule has 2 heterocycles. The van der Waals surface area contributed by atoms with Crippen LogP contribution in [0.2, 0.25) is 0 Å². The van der Waals surface area contributed by atoms with Gasteiger partial charge in [0.2, 0.25) is 5.91 Å². The Kier molecular flexibility index (Phi) is 3.33. The van der Waals surface area contributed by atoms with Crippen molar-refractivity contribution in [1.29, 1.82) is 0 Å². The predicted octanol–water partition coefficient (Wildman–Crippen LogP) is 1.79. The summed E-state index contributed by atoms with van der Waals surface area (Å²) in [5.74, 6) is 0.564. The summed E-state index contributed by atoms with van der Waals surface area (Å²) in [6, 6.07) is 10.7. The third-order valence-electron chi connectivity index (χ3n) is 4.14. The fourth-order valence-corrected chi connectivity index (χ4v) is 3.15. The topological polar surface area (TPSA) is 32.3 Å². The molecule has 1 aromatic carbocycles. The molecule has 0 radical (unpaired) electrons. The largest absolute Gasteiger partial charge is 0.338 e. The molecular formula is C15H20N2O. The van der Waals surface area contributed by atoms with Crippen molar-refractivity contribution in [2.24, 2.45) is 5.92 Å². The summed E-state index contributed by atoms with van der Waals surface area (Å²) < 4.78 is 0. The standard InChI is InChI=1S/C15H20N2O/c18-15-13(14-7-4-9-16-14)8-10-17(15)11-12-5-2-1-3-6-12/h1-3,5-6,13-14,16H,4,7-11H2. The van der Waals surface area contributed by atoms with E-state index >= 15 is 0 Å². The average molecular weight is 244 g/mol. The molecular weight excluding hydrogens is 224 g/mol. The Labute approximate surface area is 108 Å². The molecule has 2 fully saturated rings. The minimum absolute atomic E-state index is 0.219. The van der Waals surface area contributed by atoms with Gasteiger partial charge in [0.15, 0.2) is 0 Å². The van der Waals surface area contributed by atoms with E-state index in [-0.39, 0.29) is 5.92 Å². The summed E-state index contributed by atoms with van der Waals surface area (Å²) >= 11 is 0. The Bertz CT molecular complexity index is 412. The minimum Gasteiger partial charge on any atom is -0.338 e. The van der Waals surface area contributed by atoms with Gasteiger partial charge in [0.25, 0.3) is 0 Å². The molecule has 2 unspecified atom stereocenters. The van der Waals surface area contributed by atoms with E-state index in [0.29, 0.717) is 11.9 Å². The van der Waals surface area contributed by atoms with E-state index < -0.39 is 0 Å². The van der Waals surface area contributed by atoms with Crippen molar-refractivity contribution in [3.05, 3.63) is 35.9 Å². The third-order valence-corrected chi connectivity index (χ3v) is 4.14. The summed E-state index contributed by atoms with van der Waals surface area (Å²) in [5.41, 5.74) is 1.23. The van der Waals surface area contributed by atoms with Crippen LogP contribution in [-0.4, -0.2) is 29.9 Å². The molecule has 2 aliphatic rings. The Balaban J connectivity index is 1.63. The Morgan fingerprint density at radius 2 is 2.06 bits per heavy atom. The highest BCUT2D eigenvalue weighted by Gasteiger charge is 2.37. The number of nitrogens with zero attached hydrogens (tertiary/aromatic N) is 1. The molecule has 2 saturated heterocycles. The molecule has 3 rings (SSSR count). The van der Waals surface area contributed by atoms with Crippen LogP contribution >= 0.6 is 0 Å². The van der Waals surface area contributed by atoms with Crippen LogP contribution in [0.1, 0.15) is 24.8 Å². The van der Waals surface area contributed by atoms with Crippen LogP contribution < -0.4 is 5.32 Å². The minimum atomic E-state index is 0.219. The number of nitrogens with one attached hydrogen (secondary N) is 1. The first-order valence-corrected chi connectivity index (χ1v) is 6.91. The maximum atomic E-state index is 12.4. The molecule has 1 aromatic rings. The van der Waals surface area contributed by atoms with Gasteiger partial charge in [-0.25, -0.2) is 0 Å². The van der Waals surface area contributed by atoms with Gasteiger partial charge >= 0.3 is 0 Å². The van der Waals surface area contributed by atoms with Gasteiger partial charge in [0.05, 0.1) is 5.92 Å². The fourth-order valence-electron chi connectivity index (χ4n) is 3.15. The number of likely N-dealkylation sites (tertiary alicyclic amines) is 1. The lowest BCUT2D eigenvalue weighted by molar-refractivity contribution is -0.132. The maximum Gasteiger partial charge on any atom is 0.227 e. The second-order valence-electron chi connectivity index (χ2n) is 5.34. The second kappa shape index (κ2) is 5.11. The number of carbonyl (C=O) groups excluding carboxylic acids is 1. The van der Waals surface area contributed by atoms with E-state index in [4.69, 9.17) is 0 Å². The van der Waals surface area contributed by atoms with E-state index in [0.717, 1.165) is 32.5 Å². The average Bonchev–Trinajstić information content (AvgIpc) is 3.02. The predicted molar refractivity (Wildman–Crippen MR) is 71.0 cm³/mol. The van der Waals surface area contributed by atoms with Crippen molar-refractivity contribution in [3.63, 3.8) is 0 Å². The van der Waals surface area contributed by atoms with Crippen LogP contribution in [0.5, 0.6) is 0 Å². The van der Waals surface area contributed by atoms with E-state index in [1.807, 2.05) is 23.1 Å². The maximum absolute atomic E-state index is 12.4. The summed E-state index contributed by atoms with van der Waals surface area (Å²) in [7, 11) is 0. The Morgan fingerprint density at radius 3 is 2.78 bits per heavy atom. The summed E-state index contributed by atoms with van der Waals surface area (Å²) in [6.45, 7) is 2.76. The van der Waals surface area contributed by atoms with Crippen LogP contribution in [0.3, 0.4) is 0 Å². The number of hydrogen-bond donors (Lipinski definition) is 1. The quantitative estimate of drug-likeness (QED) is 0.879. The molecule has 3 heteroatoms. The Hall–Kier alpha value is -1.35. The number of rotatable bonds is 3. The molecule has 0 saturated carbocycles. The smallest absolute Gasteiger partial charge is 0.227 e. The van der Waals surface area contributed by atoms with E-state index in [1.54, 1.807) is 0 Å². The van der Waals surface area contributed by atoms with Crippen molar-refractivity contribution in [2.45, 2.75) is 31.8 Å². The molecule has 3 nitrogen and oxygen atoms in total. The van der Waals surface area contributed by atoms with E-state index in [2.05, 4.69) is 17.4 Å². The lowest BCUT2D eigenvalue weighted by atomic mass is 9.97. The van der Waals surface area contributed by atoms with Crippen molar-refractivity contribution in [1.82, 2.24) is 10.2 Å². The molecule has 18 heavy (non-hydrogen) atoms. The van der Waals surface area contributed by atoms with Gasteiger partial charge in [0.1, 0.15) is 0 Å². The molecule has 0 bridgehead atoms. The van der Waals surface area contributed by atoms with Gasteiger partial charge in [-0.15, -0.1) is 0 Å². The molecule has 0 spiro atoms. The first kappa shape index (κ1) is 11.7. The van der Waals surface area contributed by atoms with Crippen molar-refractivity contribution >= 4 is 5.91 Å². The summed E-state index contributed by atoms with van der Waals surface area (Å²) in [4.78, 5) is 14.4. The van der Waals surface area contributed by atoms with Crippen molar-refractivity contribution in [2.75, 3.05) is 13.1 Å². The van der Waals surface area contributed by atoms with Crippen LogP contribution in [0.15, 0.2) is 30.3 Å². The van der Waals surface area contributed by atoms with Crippen molar-refractivity contribution in [3.8, 4) is 0 Å². The zero-order valence-electron chi connectivity index (χ0n) is 10.6. The molecule has 96 valence electrons. The van der Waals surface area contributed by atoms with Crippen molar-refractivity contribution < 1.29 is 4.79 Å². The normalized spacial score (nSPS) is 28.0. The zero-order valence-corrected chi connectivity index (χ0v) is 10.6. The van der Waals surface area contributed by atoms with Gasteiger partial charge in [-0.2, -0.15) is 0 Å². The highest BCUT2D eigenvalue weighted by molar-refractivity contribution is 5.81. The van der Waals surface area contributed by atoms with Crippen LogP contribution in [-0.2, 0) is 11.3 Å². The number of carbonyl (C=O) groups is 1. The summed E-state index contributed by atoms with van der Waals surface area (Å²) in [6.07, 6.45) is 3.39. The number of hydrogen-bond acceptors (Lipinski definition) is 2. The second-order valence-corrected chi connectivity index (χ2v) is 5.34. The lowest BCUT2D eigenvalue weighted by Crippen LogP contribution is -2.36. The van der Waals surface area contributed by atoms with Gasteiger partial charge in [-0.05, 0) is 31.4 Å². The van der Waals surface area contributed by atoms with Crippen LogP contribution in [0.4, 0.5) is 0 Å². The first-order valence-electron chi connectivity index (χ1n) is 6.91. The first-order chi connectivity index (χ1) is 8.84. The lowest BCUT2D eigenvalue weighted by Gasteiger charge is -2.19. The monoisotopic (exact) mass is 244 g/mol. The third kappa shape index (κ3) is 2.27. The highest BCUT2D eigenvalue weighted by Crippen LogP contribution is 2.27. The number of benzene rings is 1. The van der Waals surface area contributed by atoms with Crippen LogP contribution in [0.25, 0.3) is 0 Å². The number of amides is 1. The molecule has 1 N–H and O–H groups in total. The van der Waals surface area contributed by atoms with E-state index in [1.165, 1.54) is 12.0 Å². The van der Waals surface area contributed by atoms with E-state index in [9.17, 15) is 4.79 Å². The van der Waals surface area contributed by atoms with Gasteiger partial charge < -0.3 is 10.2 Å².